The van der Waals surface area contributed by atoms with E-state index in [0.29, 0.717) is 5.92 Å². The highest BCUT2D eigenvalue weighted by Crippen LogP contribution is 2.39. The third-order valence-electron chi connectivity index (χ3n) is 3.05. The largest absolute Gasteiger partial charge is 0.392 e. The maximum absolute atomic E-state index is 9.07. The van der Waals surface area contributed by atoms with Crippen molar-refractivity contribution in [3.8, 4) is 5.69 Å². The van der Waals surface area contributed by atoms with Gasteiger partial charge in [-0.3, -0.25) is 0 Å². The second kappa shape index (κ2) is 4.27. The van der Waals surface area contributed by atoms with Crippen LogP contribution < -0.4 is 0 Å². The highest BCUT2D eigenvalue weighted by atomic mass is 79.9. The number of aromatic nitrogens is 2. The molecule has 1 heterocycles. The number of rotatable bonds is 3. The first-order chi connectivity index (χ1) is 8.28. The van der Waals surface area contributed by atoms with Gasteiger partial charge in [0.1, 0.15) is 0 Å². The van der Waals surface area contributed by atoms with Crippen molar-refractivity contribution in [1.29, 1.82) is 0 Å². The molecule has 1 aliphatic rings. The molecule has 0 unspecified atom stereocenters. The molecule has 0 saturated heterocycles. The minimum atomic E-state index is 0.0608. The maximum Gasteiger partial charge on any atom is 0.0787 e. The first-order valence-electron chi connectivity index (χ1n) is 5.73. The van der Waals surface area contributed by atoms with E-state index in [0.717, 1.165) is 15.7 Å². The van der Waals surface area contributed by atoms with Crippen molar-refractivity contribution >= 4 is 15.9 Å². The van der Waals surface area contributed by atoms with Crippen LogP contribution in [0.15, 0.2) is 34.9 Å². The lowest BCUT2D eigenvalue weighted by atomic mass is 10.2. The Morgan fingerprint density at radius 2 is 2.18 bits per heavy atom. The molecule has 0 bridgehead atoms. The molecule has 0 amide bonds. The van der Waals surface area contributed by atoms with Gasteiger partial charge in [-0.05, 0) is 52.5 Å². The summed E-state index contributed by atoms with van der Waals surface area (Å²) in [5.41, 5.74) is 3.09. The van der Waals surface area contributed by atoms with Crippen LogP contribution in [0.3, 0.4) is 0 Å². The summed E-state index contributed by atoms with van der Waals surface area (Å²) in [5.74, 6) is 0.673. The van der Waals surface area contributed by atoms with Gasteiger partial charge in [0.2, 0.25) is 0 Å². The Bertz CT molecular complexity index is 546. The standard InChI is InChI=1S/C13H13BrN2O/c14-11-7-9(8-17)1-4-13(11)16-6-5-12(15-16)10-2-3-10/h1,4-7,10,17H,2-3,8H2. The summed E-state index contributed by atoms with van der Waals surface area (Å²) in [6, 6.07) is 7.90. The van der Waals surface area contributed by atoms with Crippen LogP contribution in [0.2, 0.25) is 0 Å². The Labute approximate surface area is 108 Å². The second-order valence-electron chi connectivity index (χ2n) is 4.40. The quantitative estimate of drug-likeness (QED) is 0.944. The van der Waals surface area contributed by atoms with E-state index in [-0.39, 0.29) is 6.61 Å². The van der Waals surface area contributed by atoms with Crippen LogP contribution >= 0.6 is 15.9 Å². The third kappa shape index (κ3) is 2.15. The van der Waals surface area contributed by atoms with E-state index in [1.54, 1.807) is 0 Å². The number of benzene rings is 1. The van der Waals surface area contributed by atoms with Crippen LogP contribution in [0.5, 0.6) is 0 Å². The molecule has 2 aromatic rings. The molecule has 0 atom stereocenters. The molecule has 17 heavy (non-hydrogen) atoms. The number of nitrogens with zero attached hydrogens (tertiary/aromatic N) is 2. The number of aliphatic hydroxyl groups excluding tert-OH is 1. The molecular formula is C13H13BrN2O. The Kier molecular flexibility index (Phi) is 2.76. The zero-order valence-electron chi connectivity index (χ0n) is 9.31. The highest BCUT2D eigenvalue weighted by Gasteiger charge is 2.25. The monoisotopic (exact) mass is 292 g/mol. The van der Waals surface area contributed by atoms with Crippen molar-refractivity contribution in [2.75, 3.05) is 0 Å². The second-order valence-corrected chi connectivity index (χ2v) is 5.26. The third-order valence-corrected chi connectivity index (χ3v) is 3.68. The van der Waals surface area contributed by atoms with Crippen molar-refractivity contribution in [3.63, 3.8) is 0 Å². The van der Waals surface area contributed by atoms with Gasteiger partial charge in [0, 0.05) is 16.6 Å². The van der Waals surface area contributed by atoms with Crippen LogP contribution in [0.1, 0.15) is 30.0 Å². The molecule has 3 rings (SSSR count). The molecule has 1 saturated carbocycles. The van der Waals surface area contributed by atoms with Crippen molar-refractivity contribution in [1.82, 2.24) is 9.78 Å². The lowest BCUT2D eigenvalue weighted by molar-refractivity contribution is 0.282. The van der Waals surface area contributed by atoms with Crippen molar-refractivity contribution in [2.24, 2.45) is 0 Å². The fraction of sp³-hybridized carbons (Fsp3) is 0.308. The van der Waals surface area contributed by atoms with Crippen LogP contribution in [0.25, 0.3) is 5.69 Å². The molecule has 3 nitrogen and oxygen atoms in total. The van der Waals surface area contributed by atoms with E-state index in [9.17, 15) is 0 Å². The predicted molar refractivity (Wildman–Crippen MR) is 69.2 cm³/mol. The number of hydrogen-bond donors (Lipinski definition) is 1. The summed E-state index contributed by atoms with van der Waals surface area (Å²) in [5, 5.41) is 13.6. The fourth-order valence-corrected chi connectivity index (χ4v) is 2.51. The van der Waals surface area contributed by atoms with Gasteiger partial charge >= 0.3 is 0 Å². The molecule has 0 radical (unpaired) electrons. The van der Waals surface area contributed by atoms with E-state index in [2.05, 4.69) is 27.1 Å². The number of hydrogen-bond acceptors (Lipinski definition) is 2. The van der Waals surface area contributed by atoms with E-state index in [1.807, 2.05) is 29.1 Å². The van der Waals surface area contributed by atoms with E-state index in [4.69, 9.17) is 5.11 Å². The molecule has 88 valence electrons. The average molecular weight is 293 g/mol. The van der Waals surface area contributed by atoms with Crippen LogP contribution in [0.4, 0.5) is 0 Å². The molecule has 0 aliphatic heterocycles. The summed E-state index contributed by atoms with van der Waals surface area (Å²) >= 11 is 3.51. The number of aliphatic hydroxyl groups is 1. The maximum atomic E-state index is 9.07. The molecule has 1 fully saturated rings. The van der Waals surface area contributed by atoms with Gasteiger partial charge in [0.15, 0.2) is 0 Å². The van der Waals surface area contributed by atoms with Gasteiger partial charge in [-0.15, -0.1) is 0 Å². The predicted octanol–water partition coefficient (Wildman–Crippen LogP) is 3.00. The van der Waals surface area contributed by atoms with Crippen LogP contribution in [-0.4, -0.2) is 14.9 Å². The van der Waals surface area contributed by atoms with Gasteiger partial charge in [-0.25, -0.2) is 4.68 Å². The van der Waals surface area contributed by atoms with E-state index < -0.39 is 0 Å². The zero-order chi connectivity index (χ0) is 11.8. The lowest BCUT2D eigenvalue weighted by Gasteiger charge is -2.06. The SMILES string of the molecule is OCc1ccc(-n2ccc(C3CC3)n2)c(Br)c1. The summed E-state index contributed by atoms with van der Waals surface area (Å²) in [4.78, 5) is 0. The summed E-state index contributed by atoms with van der Waals surface area (Å²) in [7, 11) is 0. The Balaban J connectivity index is 1.96. The fourth-order valence-electron chi connectivity index (χ4n) is 1.90. The topological polar surface area (TPSA) is 38.0 Å². The van der Waals surface area contributed by atoms with Crippen LogP contribution in [0, 0.1) is 0 Å². The van der Waals surface area contributed by atoms with Gasteiger partial charge < -0.3 is 5.11 Å². The van der Waals surface area contributed by atoms with Gasteiger partial charge in [0.25, 0.3) is 0 Å². The first kappa shape index (κ1) is 11.0. The smallest absolute Gasteiger partial charge is 0.0787 e. The average Bonchev–Trinajstić information content (AvgIpc) is 3.08. The lowest BCUT2D eigenvalue weighted by Crippen LogP contribution is -1.98. The van der Waals surface area contributed by atoms with E-state index in [1.165, 1.54) is 18.5 Å². The Morgan fingerprint density at radius 1 is 1.35 bits per heavy atom. The highest BCUT2D eigenvalue weighted by molar-refractivity contribution is 9.10. The van der Waals surface area contributed by atoms with Crippen molar-refractivity contribution in [3.05, 3.63) is 46.2 Å². The van der Waals surface area contributed by atoms with Crippen molar-refractivity contribution < 1.29 is 5.11 Å². The van der Waals surface area contributed by atoms with Crippen LogP contribution in [-0.2, 0) is 6.61 Å². The van der Waals surface area contributed by atoms with Gasteiger partial charge in [0.05, 0.1) is 18.0 Å². The molecule has 4 heteroatoms. The summed E-state index contributed by atoms with van der Waals surface area (Å²) in [6.45, 7) is 0.0608. The first-order valence-corrected chi connectivity index (χ1v) is 6.52. The number of halogens is 1. The Morgan fingerprint density at radius 3 is 2.82 bits per heavy atom. The molecule has 1 aromatic heterocycles. The minimum Gasteiger partial charge on any atom is -0.392 e. The normalized spacial score (nSPS) is 15.2. The Hall–Kier alpha value is -1.13. The molecular weight excluding hydrogens is 280 g/mol. The minimum absolute atomic E-state index is 0.0608. The van der Waals surface area contributed by atoms with Gasteiger partial charge in [-0.1, -0.05) is 6.07 Å². The summed E-state index contributed by atoms with van der Waals surface area (Å²) in [6.07, 6.45) is 4.52. The zero-order valence-corrected chi connectivity index (χ0v) is 10.9. The summed E-state index contributed by atoms with van der Waals surface area (Å²) < 4.78 is 2.84. The molecule has 0 spiro atoms. The molecule has 1 aromatic carbocycles. The van der Waals surface area contributed by atoms with E-state index >= 15 is 0 Å². The van der Waals surface area contributed by atoms with Gasteiger partial charge in [-0.2, -0.15) is 5.10 Å². The molecule has 1 N–H and O–H groups in total. The molecule has 1 aliphatic carbocycles. The van der Waals surface area contributed by atoms with Crippen molar-refractivity contribution in [2.45, 2.75) is 25.4 Å².